The maximum absolute atomic E-state index is 6.03. The first-order valence-electron chi connectivity index (χ1n) is 5.18. The fraction of sp³-hybridized carbons (Fsp3) is 0.500. The molecule has 2 rings (SSSR count). The van der Waals surface area contributed by atoms with E-state index in [0.29, 0.717) is 5.92 Å². The highest BCUT2D eigenvalue weighted by Crippen LogP contribution is 2.31. The molecule has 1 unspecified atom stereocenters. The quantitative estimate of drug-likeness (QED) is 0.651. The van der Waals surface area contributed by atoms with Crippen molar-refractivity contribution >= 4 is 0 Å². The molecule has 0 spiro atoms. The third kappa shape index (κ3) is 1.85. The lowest BCUT2D eigenvalue weighted by atomic mass is 9.84. The van der Waals surface area contributed by atoms with Gasteiger partial charge in [-0.25, -0.2) is 0 Å². The molecule has 2 N–H and O–H groups in total. The number of rotatable bonds is 1. The van der Waals surface area contributed by atoms with Crippen molar-refractivity contribution in [1.29, 1.82) is 0 Å². The van der Waals surface area contributed by atoms with Crippen LogP contribution in [0.4, 0.5) is 0 Å². The molecule has 2 aliphatic rings. The number of hydrogen-bond acceptors (Lipinski definition) is 1. The number of hydrogen-bond donors (Lipinski definition) is 1. The SMILES string of the molecule is NC1=C(C2C=CC=CC2)CCCC1. The Morgan fingerprint density at radius 1 is 1.15 bits per heavy atom. The first kappa shape index (κ1) is 8.61. The Bertz CT molecular complexity index is 271. The molecule has 0 aliphatic heterocycles. The van der Waals surface area contributed by atoms with Gasteiger partial charge in [0.25, 0.3) is 0 Å². The zero-order chi connectivity index (χ0) is 9.10. The summed E-state index contributed by atoms with van der Waals surface area (Å²) in [6.45, 7) is 0. The maximum atomic E-state index is 6.03. The Balaban J connectivity index is 2.14. The van der Waals surface area contributed by atoms with Gasteiger partial charge >= 0.3 is 0 Å². The van der Waals surface area contributed by atoms with Gasteiger partial charge in [0.2, 0.25) is 0 Å². The molecule has 70 valence electrons. The van der Waals surface area contributed by atoms with E-state index < -0.39 is 0 Å². The lowest BCUT2D eigenvalue weighted by Gasteiger charge is -2.23. The van der Waals surface area contributed by atoms with Crippen LogP contribution in [0.2, 0.25) is 0 Å². The summed E-state index contributed by atoms with van der Waals surface area (Å²) >= 11 is 0. The van der Waals surface area contributed by atoms with Crippen molar-refractivity contribution in [3.63, 3.8) is 0 Å². The standard InChI is InChI=1S/C12H17N/c13-12-9-5-4-8-11(12)10-6-2-1-3-7-10/h1-3,6,10H,4-5,7-9,13H2. The van der Waals surface area contributed by atoms with Gasteiger partial charge in [0.05, 0.1) is 0 Å². The topological polar surface area (TPSA) is 26.0 Å². The van der Waals surface area contributed by atoms with Crippen molar-refractivity contribution in [3.05, 3.63) is 35.6 Å². The first-order chi connectivity index (χ1) is 6.38. The molecule has 2 aliphatic carbocycles. The van der Waals surface area contributed by atoms with Crippen LogP contribution in [0.1, 0.15) is 32.1 Å². The van der Waals surface area contributed by atoms with Crippen molar-refractivity contribution in [1.82, 2.24) is 0 Å². The smallest absolute Gasteiger partial charge is 0.00784 e. The van der Waals surface area contributed by atoms with Gasteiger partial charge in [0.1, 0.15) is 0 Å². The molecule has 0 amide bonds. The predicted molar refractivity (Wildman–Crippen MR) is 56.1 cm³/mol. The molecule has 0 bridgehead atoms. The van der Waals surface area contributed by atoms with Crippen LogP contribution in [0.5, 0.6) is 0 Å². The lowest BCUT2D eigenvalue weighted by Crippen LogP contribution is -2.14. The average Bonchev–Trinajstić information content (AvgIpc) is 2.20. The minimum absolute atomic E-state index is 0.602. The van der Waals surface area contributed by atoms with Crippen LogP contribution in [-0.2, 0) is 0 Å². The molecule has 0 aromatic heterocycles. The highest BCUT2D eigenvalue weighted by Gasteiger charge is 2.17. The van der Waals surface area contributed by atoms with E-state index in [9.17, 15) is 0 Å². The van der Waals surface area contributed by atoms with Gasteiger partial charge in [-0.15, -0.1) is 0 Å². The minimum Gasteiger partial charge on any atom is -0.402 e. The zero-order valence-corrected chi connectivity index (χ0v) is 8.00. The van der Waals surface area contributed by atoms with Crippen molar-refractivity contribution < 1.29 is 0 Å². The second-order valence-electron chi connectivity index (χ2n) is 3.91. The van der Waals surface area contributed by atoms with E-state index in [1.54, 1.807) is 0 Å². The third-order valence-corrected chi connectivity index (χ3v) is 2.98. The fourth-order valence-corrected chi connectivity index (χ4v) is 2.21. The molecule has 0 radical (unpaired) electrons. The van der Waals surface area contributed by atoms with Gasteiger partial charge in [-0.2, -0.15) is 0 Å². The van der Waals surface area contributed by atoms with Gasteiger partial charge in [0, 0.05) is 11.6 Å². The molecular weight excluding hydrogens is 158 g/mol. The van der Waals surface area contributed by atoms with Gasteiger partial charge in [-0.1, -0.05) is 24.3 Å². The fourth-order valence-electron chi connectivity index (χ4n) is 2.21. The Labute approximate surface area is 80.0 Å². The van der Waals surface area contributed by atoms with Crippen LogP contribution < -0.4 is 5.73 Å². The van der Waals surface area contributed by atoms with E-state index >= 15 is 0 Å². The van der Waals surface area contributed by atoms with Crippen molar-refractivity contribution in [3.8, 4) is 0 Å². The Hall–Kier alpha value is -0.980. The van der Waals surface area contributed by atoms with E-state index in [4.69, 9.17) is 5.73 Å². The molecule has 1 nitrogen and oxygen atoms in total. The first-order valence-corrected chi connectivity index (χ1v) is 5.18. The van der Waals surface area contributed by atoms with E-state index in [-0.39, 0.29) is 0 Å². The van der Waals surface area contributed by atoms with Crippen LogP contribution >= 0.6 is 0 Å². The largest absolute Gasteiger partial charge is 0.402 e. The second-order valence-corrected chi connectivity index (χ2v) is 3.91. The Kier molecular flexibility index (Phi) is 2.53. The molecule has 1 heteroatoms. The molecule has 0 saturated carbocycles. The summed E-state index contributed by atoms with van der Waals surface area (Å²) < 4.78 is 0. The minimum atomic E-state index is 0.602. The molecular formula is C12H17N. The van der Waals surface area contributed by atoms with E-state index in [1.165, 1.54) is 24.8 Å². The summed E-state index contributed by atoms with van der Waals surface area (Å²) in [5, 5.41) is 0. The number of nitrogens with two attached hydrogens (primary N) is 1. The molecule has 0 saturated heterocycles. The van der Waals surface area contributed by atoms with Crippen LogP contribution in [0.25, 0.3) is 0 Å². The summed E-state index contributed by atoms with van der Waals surface area (Å²) in [4.78, 5) is 0. The van der Waals surface area contributed by atoms with E-state index in [1.807, 2.05) is 0 Å². The maximum Gasteiger partial charge on any atom is 0.00784 e. The molecule has 0 fully saturated rings. The van der Waals surface area contributed by atoms with Gasteiger partial charge in [-0.3, -0.25) is 0 Å². The van der Waals surface area contributed by atoms with Crippen molar-refractivity contribution in [2.24, 2.45) is 11.7 Å². The summed E-state index contributed by atoms with van der Waals surface area (Å²) in [6.07, 6.45) is 14.9. The van der Waals surface area contributed by atoms with E-state index in [0.717, 1.165) is 18.5 Å². The zero-order valence-electron chi connectivity index (χ0n) is 8.00. The third-order valence-electron chi connectivity index (χ3n) is 2.98. The van der Waals surface area contributed by atoms with Crippen molar-refractivity contribution in [2.45, 2.75) is 32.1 Å². The molecule has 0 heterocycles. The highest BCUT2D eigenvalue weighted by atomic mass is 14.6. The number of allylic oxidation sites excluding steroid dienone is 6. The highest BCUT2D eigenvalue weighted by molar-refractivity contribution is 5.26. The molecule has 13 heavy (non-hydrogen) atoms. The molecule has 0 aromatic rings. The normalized spacial score (nSPS) is 28.2. The van der Waals surface area contributed by atoms with E-state index in [2.05, 4.69) is 24.3 Å². The summed E-state index contributed by atoms with van der Waals surface area (Å²) in [5.41, 5.74) is 8.70. The summed E-state index contributed by atoms with van der Waals surface area (Å²) in [6, 6.07) is 0. The van der Waals surface area contributed by atoms with Crippen LogP contribution in [0, 0.1) is 5.92 Å². The van der Waals surface area contributed by atoms with Gasteiger partial charge in [-0.05, 0) is 37.7 Å². The van der Waals surface area contributed by atoms with Crippen LogP contribution in [-0.4, -0.2) is 0 Å². The predicted octanol–water partition coefficient (Wildman–Crippen LogP) is 2.91. The monoisotopic (exact) mass is 175 g/mol. The molecule has 1 atom stereocenters. The Morgan fingerprint density at radius 2 is 2.00 bits per heavy atom. The van der Waals surface area contributed by atoms with Gasteiger partial charge in [0.15, 0.2) is 0 Å². The summed E-state index contributed by atoms with van der Waals surface area (Å²) in [5.74, 6) is 0.602. The Morgan fingerprint density at radius 3 is 2.69 bits per heavy atom. The summed E-state index contributed by atoms with van der Waals surface area (Å²) in [7, 11) is 0. The van der Waals surface area contributed by atoms with Crippen LogP contribution in [0.15, 0.2) is 35.6 Å². The van der Waals surface area contributed by atoms with Crippen molar-refractivity contribution in [2.75, 3.05) is 0 Å². The van der Waals surface area contributed by atoms with Crippen LogP contribution in [0.3, 0.4) is 0 Å². The van der Waals surface area contributed by atoms with Gasteiger partial charge < -0.3 is 5.73 Å². The lowest BCUT2D eigenvalue weighted by molar-refractivity contribution is 0.597. The molecule has 0 aromatic carbocycles. The average molecular weight is 175 g/mol. The second kappa shape index (κ2) is 3.82.